The fourth-order valence-corrected chi connectivity index (χ4v) is 4.31. The van der Waals surface area contributed by atoms with Gasteiger partial charge in [-0.25, -0.2) is 0 Å². The van der Waals surface area contributed by atoms with Crippen molar-refractivity contribution in [3.63, 3.8) is 0 Å². The molecule has 0 saturated heterocycles. The largest absolute Gasteiger partial charge is 0.134 e. The molecule has 1 aromatic carbocycles. The maximum atomic E-state index is 3.07. The van der Waals surface area contributed by atoms with Crippen molar-refractivity contribution in [1.29, 1.82) is 0 Å². The lowest BCUT2D eigenvalue weighted by atomic mass is 9.64. The first-order valence-corrected chi connectivity index (χ1v) is 7.27. The molecule has 0 aliphatic heterocycles. The SMILES string of the molecule is CC1C(P)CCC2c3ccccc3CCC21. The number of hydrogen-bond acceptors (Lipinski definition) is 0. The van der Waals surface area contributed by atoms with Gasteiger partial charge in [-0.2, -0.15) is 0 Å². The lowest BCUT2D eigenvalue weighted by Gasteiger charge is -2.44. The molecule has 0 bridgehead atoms. The van der Waals surface area contributed by atoms with Gasteiger partial charge in [0.1, 0.15) is 0 Å². The van der Waals surface area contributed by atoms with E-state index in [0.717, 1.165) is 23.4 Å². The Balaban J connectivity index is 1.96. The van der Waals surface area contributed by atoms with E-state index in [0.29, 0.717) is 0 Å². The summed E-state index contributed by atoms with van der Waals surface area (Å²) >= 11 is 0. The highest BCUT2D eigenvalue weighted by Gasteiger charge is 2.38. The molecule has 2 aliphatic carbocycles. The highest BCUT2D eigenvalue weighted by Crippen LogP contribution is 2.49. The second-order valence-corrected chi connectivity index (χ2v) is 6.46. The van der Waals surface area contributed by atoms with Crippen molar-refractivity contribution in [2.45, 2.75) is 44.2 Å². The Morgan fingerprint density at radius 2 is 1.94 bits per heavy atom. The Labute approximate surface area is 101 Å². The Kier molecular flexibility index (Phi) is 2.80. The van der Waals surface area contributed by atoms with E-state index in [2.05, 4.69) is 40.4 Å². The van der Waals surface area contributed by atoms with E-state index in [1.165, 1.54) is 25.7 Å². The first kappa shape index (κ1) is 10.8. The van der Waals surface area contributed by atoms with Gasteiger partial charge in [0, 0.05) is 0 Å². The summed E-state index contributed by atoms with van der Waals surface area (Å²) < 4.78 is 0. The highest BCUT2D eigenvalue weighted by atomic mass is 31.0. The Bertz CT molecular complexity index is 385. The van der Waals surface area contributed by atoms with Gasteiger partial charge in [0.15, 0.2) is 0 Å². The Morgan fingerprint density at radius 1 is 1.12 bits per heavy atom. The minimum Gasteiger partial charge on any atom is -0.134 e. The fourth-order valence-electron chi connectivity index (χ4n) is 3.83. The minimum atomic E-state index is 0.853. The summed E-state index contributed by atoms with van der Waals surface area (Å²) in [7, 11) is 3.07. The zero-order chi connectivity index (χ0) is 11.1. The maximum Gasteiger partial charge on any atom is -0.0128 e. The van der Waals surface area contributed by atoms with E-state index in [9.17, 15) is 0 Å². The first-order chi connectivity index (χ1) is 7.77. The van der Waals surface area contributed by atoms with Gasteiger partial charge in [-0.1, -0.05) is 31.2 Å². The second kappa shape index (κ2) is 4.15. The molecular weight excluding hydrogens is 211 g/mol. The number of fused-ring (bicyclic) bond motifs is 3. The zero-order valence-electron chi connectivity index (χ0n) is 10.0. The van der Waals surface area contributed by atoms with E-state index >= 15 is 0 Å². The van der Waals surface area contributed by atoms with Gasteiger partial charge in [0.25, 0.3) is 0 Å². The predicted octanol–water partition coefficient (Wildman–Crippen LogP) is 4.01. The smallest absolute Gasteiger partial charge is 0.0128 e. The van der Waals surface area contributed by atoms with Gasteiger partial charge < -0.3 is 0 Å². The summed E-state index contributed by atoms with van der Waals surface area (Å²) in [5.41, 5.74) is 4.15. The summed E-state index contributed by atoms with van der Waals surface area (Å²) in [5.74, 6) is 2.68. The minimum absolute atomic E-state index is 0.853. The van der Waals surface area contributed by atoms with Crippen LogP contribution in [0.5, 0.6) is 0 Å². The summed E-state index contributed by atoms with van der Waals surface area (Å²) in [6, 6.07) is 9.13. The van der Waals surface area contributed by atoms with E-state index < -0.39 is 0 Å². The van der Waals surface area contributed by atoms with Crippen LogP contribution < -0.4 is 0 Å². The van der Waals surface area contributed by atoms with Crippen molar-refractivity contribution in [3.05, 3.63) is 35.4 Å². The molecule has 16 heavy (non-hydrogen) atoms. The normalized spacial score (nSPS) is 37.6. The second-order valence-electron chi connectivity index (χ2n) is 5.61. The molecule has 1 saturated carbocycles. The molecule has 2 aliphatic rings. The van der Waals surface area contributed by atoms with Crippen molar-refractivity contribution in [2.24, 2.45) is 11.8 Å². The molecule has 5 unspecified atom stereocenters. The van der Waals surface area contributed by atoms with Crippen LogP contribution in [0.25, 0.3) is 0 Å². The quantitative estimate of drug-likeness (QED) is 0.593. The molecular formula is C15H21P. The summed E-state index contributed by atoms with van der Waals surface area (Å²) in [6.45, 7) is 2.46. The van der Waals surface area contributed by atoms with Crippen molar-refractivity contribution in [1.82, 2.24) is 0 Å². The van der Waals surface area contributed by atoms with Gasteiger partial charge in [0.2, 0.25) is 0 Å². The van der Waals surface area contributed by atoms with Gasteiger partial charge in [-0.3, -0.25) is 0 Å². The molecule has 0 N–H and O–H groups in total. The van der Waals surface area contributed by atoms with Crippen molar-refractivity contribution < 1.29 is 0 Å². The van der Waals surface area contributed by atoms with Crippen LogP contribution in [0, 0.1) is 11.8 Å². The van der Waals surface area contributed by atoms with Crippen molar-refractivity contribution in [2.75, 3.05) is 0 Å². The standard InChI is InChI=1S/C15H21P/c1-10-12-7-6-11-4-2-3-5-13(11)14(12)8-9-15(10)16/h2-5,10,12,14-15H,6-9,16H2,1H3. The zero-order valence-corrected chi connectivity index (χ0v) is 11.2. The highest BCUT2D eigenvalue weighted by molar-refractivity contribution is 7.17. The Morgan fingerprint density at radius 3 is 2.81 bits per heavy atom. The molecule has 1 fully saturated rings. The van der Waals surface area contributed by atoms with E-state index in [1.807, 2.05) is 0 Å². The molecule has 0 radical (unpaired) electrons. The van der Waals surface area contributed by atoms with Crippen molar-refractivity contribution >= 4 is 9.24 Å². The summed E-state index contributed by atoms with van der Waals surface area (Å²) in [4.78, 5) is 0. The first-order valence-electron chi connectivity index (χ1n) is 6.61. The van der Waals surface area contributed by atoms with Crippen LogP contribution in [0.1, 0.15) is 43.2 Å². The predicted molar refractivity (Wildman–Crippen MR) is 72.9 cm³/mol. The Hall–Kier alpha value is -0.350. The third-order valence-corrected chi connectivity index (χ3v) is 5.82. The molecule has 0 nitrogen and oxygen atoms in total. The average molecular weight is 232 g/mol. The molecule has 0 amide bonds. The lowest BCUT2D eigenvalue weighted by Crippen LogP contribution is -2.35. The van der Waals surface area contributed by atoms with Crippen LogP contribution in [-0.4, -0.2) is 5.66 Å². The average Bonchev–Trinajstić information content (AvgIpc) is 2.33. The van der Waals surface area contributed by atoms with Crippen LogP contribution in [-0.2, 0) is 6.42 Å². The fraction of sp³-hybridized carbons (Fsp3) is 0.600. The van der Waals surface area contributed by atoms with E-state index in [4.69, 9.17) is 0 Å². The maximum absolute atomic E-state index is 3.07. The van der Waals surface area contributed by atoms with E-state index in [-0.39, 0.29) is 0 Å². The number of rotatable bonds is 0. The number of benzene rings is 1. The molecule has 0 heterocycles. The van der Waals surface area contributed by atoms with Crippen LogP contribution >= 0.6 is 9.24 Å². The third-order valence-electron chi connectivity index (χ3n) is 4.88. The third kappa shape index (κ3) is 1.63. The molecule has 3 rings (SSSR count). The van der Waals surface area contributed by atoms with Gasteiger partial charge in [0.05, 0.1) is 0 Å². The number of hydrogen-bond donors (Lipinski definition) is 0. The molecule has 86 valence electrons. The van der Waals surface area contributed by atoms with Crippen LogP contribution in [0.4, 0.5) is 0 Å². The van der Waals surface area contributed by atoms with Crippen LogP contribution in [0.3, 0.4) is 0 Å². The molecule has 1 heteroatoms. The number of aryl methyl sites for hydroxylation is 1. The van der Waals surface area contributed by atoms with Gasteiger partial charge in [-0.15, -0.1) is 9.24 Å². The van der Waals surface area contributed by atoms with Crippen molar-refractivity contribution in [3.8, 4) is 0 Å². The van der Waals surface area contributed by atoms with Gasteiger partial charge >= 0.3 is 0 Å². The van der Waals surface area contributed by atoms with Crippen LogP contribution in [0.2, 0.25) is 0 Å². The molecule has 0 aromatic heterocycles. The molecule has 0 spiro atoms. The molecule has 5 atom stereocenters. The topological polar surface area (TPSA) is 0 Å². The van der Waals surface area contributed by atoms with E-state index in [1.54, 1.807) is 11.1 Å². The summed E-state index contributed by atoms with van der Waals surface area (Å²) in [5, 5.41) is 0. The summed E-state index contributed by atoms with van der Waals surface area (Å²) in [6.07, 6.45) is 5.51. The lowest BCUT2D eigenvalue weighted by molar-refractivity contribution is 0.202. The van der Waals surface area contributed by atoms with Gasteiger partial charge in [-0.05, 0) is 60.2 Å². The monoisotopic (exact) mass is 232 g/mol. The van der Waals surface area contributed by atoms with Crippen LogP contribution in [0.15, 0.2) is 24.3 Å². The molecule has 1 aromatic rings.